The molecule has 0 saturated carbocycles. The first-order valence-electron chi connectivity index (χ1n) is 11.1. The fourth-order valence-electron chi connectivity index (χ4n) is 3.04. The third-order valence-corrected chi connectivity index (χ3v) is 4.54. The van der Waals surface area contributed by atoms with Crippen molar-refractivity contribution in [2.24, 2.45) is 5.41 Å². The number of carbonyl (C=O) groups is 4. The molecule has 34 heavy (non-hydrogen) atoms. The molecule has 1 aliphatic rings. The van der Waals surface area contributed by atoms with Gasteiger partial charge in [-0.15, -0.1) is 0 Å². The fraction of sp³-hybridized carbons (Fsp3) is 0.583. The number of hydrogen-bond acceptors (Lipinski definition) is 7. The van der Waals surface area contributed by atoms with E-state index in [1.807, 2.05) is 20.8 Å². The maximum Gasteiger partial charge on any atom is 0.407 e. The highest BCUT2D eigenvalue weighted by molar-refractivity contribution is 5.98. The maximum atomic E-state index is 12.8. The van der Waals surface area contributed by atoms with Crippen molar-refractivity contribution in [3.8, 4) is 5.75 Å². The molecule has 1 unspecified atom stereocenters. The van der Waals surface area contributed by atoms with Crippen molar-refractivity contribution in [1.29, 1.82) is 0 Å². The number of carboxylic acids is 1. The van der Waals surface area contributed by atoms with E-state index in [4.69, 9.17) is 19.3 Å². The van der Waals surface area contributed by atoms with Gasteiger partial charge in [0.15, 0.2) is 6.10 Å². The average Bonchev–Trinajstić information content (AvgIpc) is 2.68. The Balaban J connectivity index is 2.15. The number of benzene rings is 1. The summed E-state index contributed by atoms with van der Waals surface area (Å²) >= 11 is 0. The second-order valence-corrected chi connectivity index (χ2v) is 10.4. The molecule has 2 amide bonds. The Morgan fingerprint density at radius 2 is 1.85 bits per heavy atom. The van der Waals surface area contributed by atoms with Crippen LogP contribution in [0, 0.1) is 5.41 Å². The Morgan fingerprint density at radius 3 is 2.44 bits per heavy atom. The van der Waals surface area contributed by atoms with Gasteiger partial charge in [-0.05, 0) is 43.9 Å². The third-order valence-electron chi connectivity index (χ3n) is 4.54. The van der Waals surface area contributed by atoms with Crippen molar-refractivity contribution in [2.45, 2.75) is 78.6 Å². The number of anilines is 1. The topological polar surface area (TPSA) is 140 Å². The molecule has 0 saturated heterocycles. The van der Waals surface area contributed by atoms with Gasteiger partial charge in [-0.1, -0.05) is 26.8 Å². The van der Waals surface area contributed by atoms with Crippen LogP contribution in [-0.4, -0.2) is 53.4 Å². The first kappa shape index (κ1) is 26.9. The van der Waals surface area contributed by atoms with Gasteiger partial charge in [-0.3, -0.25) is 9.59 Å². The third kappa shape index (κ3) is 8.92. The first-order chi connectivity index (χ1) is 15.6. The van der Waals surface area contributed by atoms with E-state index < -0.39 is 41.7 Å². The Hall–Kier alpha value is -3.30. The van der Waals surface area contributed by atoms with Crippen LogP contribution in [0.3, 0.4) is 0 Å². The Kier molecular flexibility index (Phi) is 8.52. The second kappa shape index (κ2) is 10.8. The molecule has 1 aliphatic heterocycles. The lowest BCUT2D eigenvalue weighted by Crippen LogP contribution is -2.46. The van der Waals surface area contributed by atoms with Crippen LogP contribution in [0.4, 0.5) is 10.5 Å². The molecule has 2 rings (SSSR count). The van der Waals surface area contributed by atoms with Crippen molar-refractivity contribution in [2.75, 3.05) is 11.9 Å². The standard InChI is InChI=1S/C24H34N2O8/c1-23(2,3)13-32-22(31)26-16(21(30)34-24(4,5)6)12-14-7-8-17-15(11-14)25-20(29)18(33-17)9-10-19(27)28/h7-8,11,16,18H,9-10,12-13H2,1-6H3,(H,25,29)(H,26,31)(H,27,28)/t16-,18?/m0/s1. The molecule has 1 heterocycles. The van der Waals surface area contributed by atoms with Gasteiger partial charge < -0.3 is 30.0 Å². The molecule has 10 heteroatoms. The summed E-state index contributed by atoms with van der Waals surface area (Å²) in [7, 11) is 0. The number of hydrogen-bond donors (Lipinski definition) is 3. The van der Waals surface area contributed by atoms with E-state index in [-0.39, 0.29) is 31.3 Å². The summed E-state index contributed by atoms with van der Waals surface area (Å²) < 4.78 is 16.3. The number of nitrogens with one attached hydrogen (secondary N) is 2. The minimum atomic E-state index is -1.02. The minimum absolute atomic E-state index is 0.0453. The number of esters is 1. The number of aliphatic carboxylic acids is 1. The van der Waals surface area contributed by atoms with Crippen LogP contribution in [0.5, 0.6) is 5.75 Å². The predicted octanol–water partition coefficient (Wildman–Crippen LogP) is 3.28. The number of amides is 2. The summed E-state index contributed by atoms with van der Waals surface area (Å²) in [5, 5.41) is 14.1. The number of fused-ring (bicyclic) bond motifs is 1. The Morgan fingerprint density at radius 1 is 1.18 bits per heavy atom. The zero-order chi connectivity index (χ0) is 25.7. The summed E-state index contributed by atoms with van der Waals surface area (Å²) in [6.07, 6.45) is -1.70. The highest BCUT2D eigenvalue weighted by Crippen LogP contribution is 2.32. The van der Waals surface area contributed by atoms with E-state index in [9.17, 15) is 19.2 Å². The van der Waals surface area contributed by atoms with Crippen molar-refractivity contribution in [3.05, 3.63) is 23.8 Å². The van der Waals surface area contributed by atoms with Crippen LogP contribution in [0.2, 0.25) is 0 Å². The maximum absolute atomic E-state index is 12.8. The highest BCUT2D eigenvalue weighted by atomic mass is 16.6. The summed E-state index contributed by atoms with van der Waals surface area (Å²) in [6.45, 7) is 11.1. The summed E-state index contributed by atoms with van der Waals surface area (Å²) in [4.78, 5) is 48.2. The van der Waals surface area contributed by atoms with Gasteiger partial charge in [0.05, 0.1) is 12.3 Å². The molecule has 1 aromatic rings. The van der Waals surface area contributed by atoms with E-state index in [1.165, 1.54) is 0 Å². The van der Waals surface area contributed by atoms with Crippen LogP contribution in [0.15, 0.2) is 18.2 Å². The van der Waals surface area contributed by atoms with E-state index >= 15 is 0 Å². The number of alkyl carbamates (subject to hydrolysis) is 1. The normalized spacial score (nSPS) is 16.4. The molecule has 188 valence electrons. The molecule has 10 nitrogen and oxygen atoms in total. The zero-order valence-corrected chi connectivity index (χ0v) is 20.5. The van der Waals surface area contributed by atoms with E-state index in [2.05, 4.69) is 10.6 Å². The Labute approximate surface area is 199 Å². The largest absolute Gasteiger partial charge is 0.481 e. The second-order valence-electron chi connectivity index (χ2n) is 10.4. The van der Waals surface area contributed by atoms with Crippen molar-refractivity contribution >= 4 is 29.6 Å². The lowest BCUT2D eigenvalue weighted by Gasteiger charge is -2.27. The van der Waals surface area contributed by atoms with Crippen LogP contribution in [0.25, 0.3) is 0 Å². The highest BCUT2D eigenvalue weighted by Gasteiger charge is 2.31. The number of carbonyl (C=O) groups excluding carboxylic acids is 3. The van der Waals surface area contributed by atoms with Crippen molar-refractivity contribution < 1.29 is 38.5 Å². The zero-order valence-electron chi connectivity index (χ0n) is 20.5. The summed E-state index contributed by atoms with van der Waals surface area (Å²) in [6, 6.07) is 3.94. The molecule has 0 aliphatic carbocycles. The smallest absolute Gasteiger partial charge is 0.407 e. The molecule has 0 radical (unpaired) electrons. The molecule has 0 spiro atoms. The van der Waals surface area contributed by atoms with Crippen LogP contribution >= 0.6 is 0 Å². The van der Waals surface area contributed by atoms with Gasteiger partial charge in [0.2, 0.25) is 0 Å². The molecular formula is C24H34N2O8. The fourth-order valence-corrected chi connectivity index (χ4v) is 3.04. The SMILES string of the molecule is CC(C)(C)COC(=O)N[C@@H](Cc1ccc2c(c1)NC(=O)C(CCC(=O)O)O2)C(=O)OC(C)(C)C. The predicted molar refractivity (Wildman–Crippen MR) is 124 cm³/mol. The molecule has 2 atom stereocenters. The minimum Gasteiger partial charge on any atom is -0.481 e. The van der Waals surface area contributed by atoms with Gasteiger partial charge in [-0.2, -0.15) is 0 Å². The molecule has 0 aromatic heterocycles. The summed E-state index contributed by atoms with van der Waals surface area (Å²) in [5.74, 6) is -1.69. The quantitative estimate of drug-likeness (QED) is 0.484. The van der Waals surface area contributed by atoms with Gasteiger partial charge in [0.25, 0.3) is 5.91 Å². The van der Waals surface area contributed by atoms with Crippen molar-refractivity contribution in [3.63, 3.8) is 0 Å². The van der Waals surface area contributed by atoms with E-state index in [0.29, 0.717) is 17.0 Å². The Bertz CT molecular complexity index is 930. The molecule has 1 aromatic carbocycles. The molecular weight excluding hydrogens is 444 g/mol. The lowest BCUT2D eigenvalue weighted by molar-refractivity contribution is -0.157. The lowest BCUT2D eigenvalue weighted by atomic mass is 9.99. The van der Waals surface area contributed by atoms with Crippen LogP contribution < -0.4 is 15.4 Å². The van der Waals surface area contributed by atoms with Gasteiger partial charge >= 0.3 is 18.0 Å². The van der Waals surface area contributed by atoms with Gasteiger partial charge in [-0.25, -0.2) is 9.59 Å². The monoisotopic (exact) mass is 478 g/mol. The summed E-state index contributed by atoms with van der Waals surface area (Å²) in [5.41, 5.74) is 0.0400. The number of ether oxygens (including phenoxy) is 3. The van der Waals surface area contributed by atoms with Gasteiger partial charge in [0, 0.05) is 19.3 Å². The van der Waals surface area contributed by atoms with E-state index in [1.54, 1.807) is 39.0 Å². The molecule has 0 bridgehead atoms. The van der Waals surface area contributed by atoms with Crippen molar-refractivity contribution in [1.82, 2.24) is 5.32 Å². The van der Waals surface area contributed by atoms with Crippen LogP contribution in [-0.2, 0) is 30.3 Å². The number of carboxylic acid groups (broad SMARTS) is 1. The van der Waals surface area contributed by atoms with Gasteiger partial charge in [0.1, 0.15) is 17.4 Å². The first-order valence-corrected chi connectivity index (χ1v) is 11.1. The molecule has 0 fully saturated rings. The number of rotatable bonds is 8. The van der Waals surface area contributed by atoms with E-state index in [0.717, 1.165) is 0 Å². The van der Waals surface area contributed by atoms with Crippen LogP contribution in [0.1, 0.15) is 59.9 Å². The average molecular weight is 479 g/mol. The molecule has 3 N–H and O–H groups in total.